The molecule has 1 aliphatic heterocycles. The average Bonchev–Trinajstić information content (AvgIpc) is 3.25. The van der Waals surface area contributed by atoms with Crippen LogP contribution in [0.1, 0.15) is 37.1 Å². The molecule has 2 aromatic heterocycles. The molecule has 0 atom stereocenters. The van der Waals surface area contributed by atoms with Crippen LogP contribution in [0.3, 0.4) is 0 Å². The van der Waals surface area contributed by atoms with Gasteiger partial charge in [-0.05, 0) is 64.5 Å². The molecule has 34 heavy (non-hydrogen) atoms. The fraction of sp³-hybridized carbons (Fsp3) is 0.480. The number of anilines is 2. The quantitative estimate of drug-likeness (QED) is 0.540. The van der Waals surface area contributed by atoms with Gasteiger partial charge in [-0.2, -0.15) is 0 Å². The number of imidazole rings is 1. The molecule has 1 saturated heterocycles. The Morgan fingerprint density at radius 2 is 1.97 bits per heavy atom. The zero-order valence-corrected chi connectivity index (χ0v) is 20.5. The fourth-order valence-electron chi connectivity index (χ4n) is 4.42. The van der Waals surface area contributed by atoms with Crippen LogP contribution in [0, 0.1) is 12.7 Å². The maximum absolute atomic E-state index is 13.8. The van der Waals surface area contributed by atoms with E-state index in [1.807, 2.05) is 19.1 Å². The van der Waals surface area contributed by atoms with Crippen molar-refractivity contribution < 1.29 is 9.13 Å². The molecule has 1 aliphatic rings. The number of hydrogen-bond acceptors (Lipinski definition) is 7. The van der Waals surface area contributed by atoms with Gasteiger partial charge in [0.05, 0.1) is 12.3 Å². The van der Waals surface area contributed by atoms with E-state index in [0.717, 1.165) is 61.9 Å². The molecule has 0 radical (unpaired) electrons. The van der Waals surface area contributed by atoms with Gasteiger partial charge in [-0.3, -0.25) is 0 Å². The minimum absolute atomic E-state index is 0.194. The van der Waals surface area contributed by atoms with E-state index in [0.29, 0.717) is 29.7 Å². The molecule has 0 spiro atoms. The topological polar surface area (TPSA) is 85.3 Å². The van der Waals surface area contributed by atoms with Crippen LogP contribution < -0.4 is 15.4 Å². The molecule has 8 nitrogen and oxygen atoms in total. The summed E-state index contributed by atoms with van der Waals surface area (Å²) in [6, 6.07) is 5.20. The monoisotopic (exact) mass is 467 g/mol. The van der Waals surface area contributed by atoms with Crippen LogP contribution in [0.25, 0.3) is 11.3 Å². The summed E-state index contributed by atoms with van der Waals surface area (Å²) in [5.41, 5.74) is 8.51. The third kappa shape index (κ3) is 5.14. The molecule has 1 aromatic carbocycles. The summed E-state index contributed by atoms with van der Waals surface area (Å²) in [4.78, 5) is 18.0. The van der Waals surface area contributed by atoms with E-state index in [1.54, 1.807) is 6.92 Å². The van der Waals surface area contributed by atoms with E-state index < -0.39 is 0 Å². The average molecular weight is 468 g/mol. The second-order valence-electron chi connectivity index (χ2n) is 9.05. The number of hydrogen-bond donors (Lipinski definition) is 1. The van der Waals surface area contributed by atoms with Gasteiger partial charge < -0.3 is 24.8 Å². The Kier molecular flexibility index (Phi) is 7.31. The largest absolute Gasteiger partial charge is 0.487 e. The molecule has 0 bridgehead atoms. The van der Waals surface area contributed by atoms with Gasteiger partial charge in [0, 0.05) is 43.9 Å². The highest BCUT2D eigenvalue weighted by Gasteiger charge is 2.28. The Labute approximate surface area is 200 Å². The predicted molar refractivity (Wildman–Crippen MR) is 133 cm³/mol. The molecule has 182 valence electrons. The number of ether oxygens (including phenoxy) is 1. The van der Waals surface area contributed by atoms with Gasteiger partial charge >= 0.3 is 0 Å². The van der Waals surface area contributed by atoms with Gasteiger partial charge in [-0.1, -0.05) is 0 Å². The van der Waals surface area contributed by atoms with Gasteiger partial charge in [-0.25, -0.2) is 19.3 Å². The molecule has 0 aliphatic carbocycles. The van der Waals surface area contributed by atoms with Crippen LogP contribution in [0.4, 0.5) is 16.0 Å². The predicted octanol–water partition coefficient (Wildman–Crippen LogP) is 3.71. The summed E-state index contributed by atoms with van der Waals surface area (Å²) >= 11 is 0. The smallest absolute Gasteiger partial charge is 0.204 e. The maximum atomic E-state index is 13.8. The highest BCUT2D eigenvalue weighted by Crippen LogP contribution is 2.36. The van der Waals surface area contributed by atoms with Gasteiger partial charge in [0.15, 0.2) is 11.6 Å². The molecule has 0 amide bonds. The van der Waals surface area contributed by atoms with Crippen LogP contribution in [0.2, 0.25) is 0 Å². The highest BCUT2D eigenvalue weighted by atomic mass is 19.1. The van der Waals surface area contributed by atoms with Gasteiger partial charge in [0.2, 0.25) is 5.75 Å². The number of rotatable bonds is 8. The number of aryl methyl sites for hydroxylation is 1. The van der Waals surface area contributed by atoms with Crippen molar-refractivity contribution in [2.45, 2.75) is 39.2 Å². The third-order valence-electron chi connectivity index (χ3n) is 6.31. The zero-order chi connectivity index (χ0) is 24.2. The van der Waals surface area contributed by atoms with E-state index in [9.17, 15) is 4.39 Å². The molecule has 3 heterocycles. The first-order chi connectivity index (χ1) is 16.4. The van der Waals surface area contributed by atoms with Gasteiger partial charge in [0.1, 0.15) is 18.0 Å². The Hall–Kier alpha value is -3.20. The first kappa shape index (κ1) is 23.9. The van der Waals surface area contributed by atoms with Crippen LogP contribution >= 0.6 is 0 Å². The van der Waals surface area contributed by atoms with Crippen molar-refractivity contribution >= 4 is 11.6 Å². The van der Waals surface area contributed by atoms with Crippen molar-refractivity contribution in [3.8, 4) is 17.0 Å². The number of nitrogens with zero attached hydrogens (tertiary/aromatic N) is 6. The number of likely N-dealkylation sites (N-methyl/N-ethyl adjacent to an activating group) is 1. The summed E-state index contributed by atoms with van der Waals surface area (Å²) < 4.78 is 21.8. The normalized spacial score (nSPS) is 14.7. The van der Waals surface area contributed by atoms with Gasteiger partial charge in [-0.15, -0.1) is 0 Å². The molecular weight excluding hydrogens is 433 g/mol. The SMILES string of the molecule is CCOc1c(N)ncnc1N1CCC(c2nc(-c3ccc(F)c(C)c3)cn2CCN(C)C)CC1. The van der Waals surface area contributed by atoms with Crippen molar-refractivity contribution in [2.24, 2.45) is 0 Å². The Morgan fingerprint density at radius 3 is 2.65 bits per heavy atom. The Bertz CT molecular complexity index is 1120. The Morgan fingerprint density at radius 1 is 1.21 bits per heavy atom. The van der Waals surface area contributed by atoms with Crippen LogP contribution in [0.15, 0.2) is 30.7 Å². The lowest BCUT2D eigenvalue weighted by atomic mass is 9.95. The van der Waals surface area contributed by atoms with Gasteiger partial charge in [0.25, 0.3) is 0 Å². The summed E-state index contributed by atoms with van der Waals surface area (Å²) in [6.07, 6.45) is 5.48. The number of benzene rings is 1. The first-order valence-corrected chi connectivity index (χ1v) is 11.8. The van der Waals surface area contributed by atoms with E-state index in [4.69, 9.17) is 15.5 Å². The molecule has 9 heteroatoms. The van der Waals surface area contributed by atoms with Crippen molar-refractivity contribution in [3.63, 3.8) is 0 Å². The lowest BCUT2D eigenvalue weighted by Crippen LogP contribution is -2.35. The zero-order valence-electron chi connectivity index (χ0n) is 20.5. The summed E-state index contributed by atoms with van der Waals surface area (Å²) in [5, 5.41) is 0. The minimum atomic E-state index is -0.194. The highest BCUT2D eigenvalue weighted by molar-refractivity contribution is 5.63. The van der Waals surface area contributed by atoms with Crippen molar-refractivity contribution in [3.05, 3.63) is 47.9 Å². The molecule has 4 rings (SSSR count). The van der Waals surface area contributed by atoms with E-state index in [-0.39, 0.29) is 5.82 Å². The molecule has 0 unspecified atom stereocenters. The maximum Gasteiger partial charge on any atom is 0.204 e. The molecule has 1 fully saturated rings. The number of nitrogens with two attached hydrogens (primary N) is 1. The van der Waals surface area contributed by atoms with E-state index >= 15 is 0 Å². The third-order valence-corrected chi connectivity index (χ3v) is 6.31. The summed E-state index contributed by atoms with van der Waals surface area (Å²) in [7, 11) is 4.14. The van der Waals surface area contributed by atoms with E-state index in [2.05, 4.69) is 44.6 Å². The van der Waals surface area contributed by atoms with Crippen LogP contribution in [0.5, 0.6) is 5.75 Å². The van der Waals surface area contributed by atoms with Crippen molar-refractivity contribution in [1.29, 1.82) is 0 Å². The van der Waals surface area contributed by atoms with Crippen LogP contribution in [-0.4, -0.2) is 64.8 Å². The number of nitrogen functional groups attached to an aromatic ring is 1. The molecular formula is C25H34FN7O. The molecule has 0 saturated carbocycles. The molecule has 3 aromatic rings. The summed E-state index contributed by atoms with van der Waals surface area (Å²) in [6.45, 7) is 7.65. The van der Waals surface area contributed by atoms with E-state index in [1.165, 1.54) is 12.4 Å². The van der Waals surface area contributed by atoms with Crippen LogP contribution in [-0.2, 0) is 6.54 Å². The molecule has 2 N–H and O–H groups in total. The van der Waals surface area contributed by atoms with Crippen molar-refractivity contribution in [1.82, 2.24) is 24.4 Å². The lowest BCUT2D eigenvalue weighted by molar-refractivity contribution is 0.337. The van der Waals surface area contributed by atoms with Crippen molar-refractivity contribution in [2.75, 3.05) is 51.0 Å². The number of halogens is 1. The number of aromatic nitrogens is 4. The standard InChI is InChI=1S/C25H34FN7O/c1-5-34-22-23(27)28-16-29-25(22)32-10-8-18(9-11-32)24-30-21(15-33(24)13-12-31(3)4)19-6-7-20(26)17(2)14-19/h6-7,14-16,18H,5,8-13H2,1-4H3,(H2,27,28,29). The first-order valence-electron chi connectivity index (χ1n) is 11.8. The fourth-order valence-corrected chi connectivity index (χ4v) is 4.42. The number of piperidine rings is 1. The minimum Gasteiger partial charge on any atom is -0.487 e. The Balaban J connectivity index is 1.56. The summed E-state index contributed by atoms with van der Waals surface area (Å²) in [5.74, 6) is 2.90. The second-order valence-corrected chi connectivity index (χ2v) is 9.05. The second kappa shape index (κ2) is 10.4. The lowest BCUT2D eigenvalue weighted by Gasteiger charge is -2.33.